The van der Waals surface area contributed by atoms with Crippen molar-refractivity contribution in [3.63, 3.8) is 0 Å². The second-order valence-electron chi connectivity index (χ2n) is 27.8. The van der Waals surface area contributed by atoms with Crippen molar-refractivity contribution >= 4 is 24.2 Å². The highest BCUT2D eigenvalue weighted by molar-refractivity contribution is 5.87. The van der Waals surface area contributed by atoms with Gasteiger partial charge in [-0.1, -0.05) is 59.3 Å². The van der Waals surface area contributed by atoms with E-state index >= 15 is 0 Å². The minimum atomic E-state index is -2.32. The lowest BCUT2D eigenvalue weighted by molar-refractivity contribution is -0.400. The summed E-state index contributed by atoms with van der Waals surface area (Å²) >= 11 is 0. The zero-order chi connectivity index (χ0) is 64.9. The van der Waals surface area contributed by atoms with Crippen LogP contribution in [0.5, 0.6) is 0 Å². The van der Waals surface area contributed by atoms with Crippen molar-refractivity contribution in [3.05, 3.63) is 23.3 Å². The van der Waals surface area contributed by atoms with Crippen LogP contribution in [0, 0.1) is 50.2 Å². The van der Waals surface area contributed by atoms with Crippen molar-refractivity contribution in [2.45, 2.75) is 248 Å². The van der Waals surface area contributed by atoms with Gasteiger partial charge in [-0.05, 0) is 92.8 Å². The molecular formula is C60H92O28. The number of carboxylic acid groups (broad SMARTS) is 1. The molecule has 0 aromatic rings. The lowest BCUT2D eigenvalue weighted by atomic mass is 9.33. The Hall–Kier alpha value is -3.28. The third-order valence-corrected chi connectivity index (χ3v) is 22.6. The molecule has 500 valence electrons. The molecule has 9 aliphatic rings. The van der Waals surface area contributed by atoms with Crippen molar-refractivity contribution < 1.29 is 138 Å². The number of carbonyl (C=O) groups excluding carboxylic acids is 3. The first kappa shape index (κ1) is 69.1. The van der Waals surface area contributed by atoms with E-state index in [0.29, 0.717) is 37.7 Å². The molecular weight excluding hydrogens is 1170 g/mol. The van der Waals surface area contributed by atoms with Crippen LogP contribution in [-0.4, -0.2) is 263 Å². The summed E-state index contributed by atoms with van der Waals surface area (Å²) in [5.41, 5.74) is -4.52. The van der Waals surface area contributed by atoms with Crippen molar-refractivity contribution in [1.82, 2.24) is 0 Å². The molecule has 4 saturated heterocycles. The summed E-state index contributed by atoms with van der Waals surface area (Å²) < 4.78 is 60.1. The van der Waals surface area contributed by atoms with E-state index in [9.17, 15) is 90.7 Å². The highest BCUT2D eigenvalue weighted by atomic mass is 16.8. The number of fused-ring (bicyclic) bond motifs is 7. The Morgan fingerprint density at radius 1 is 0.670 bits per heavy atom. The second kappa shape index (κ2) is 25.6. The van der Waals surface area contributed by atoms with E-state index in [0.717, 1.165) is 11.9 Å². The van der Waals surface area contributed by atoms with Gasteiger partial charge in [0.05, 0.1) is 42.9 Å². The van der Waals surface area contributed by atoms with Crippen molar-refractivity contribution in [1.29, 1.82) is 0 Å². The number of rotatable bonds is 16. The molecule has 0 unspecified atom stereocenters. The summed E-state index contributed by atoms with van der Waals surface area (Å²) in [6.07, 6.45) is -35.7. The molecule has 28 heteroatoms. The van der Waals surface area contributed by atoms with E-state index in [4.69, 9.17) is 47.4 Å². The van der Waals surface area contributed by atoms with Crippen LogP contribution in [0.15, 0.2) is 23.3 Å². The number of aliphatic carboxylic acids is 1. The van der Waals surface area contributed by atoms with Crippen LogP contribution in [-0.2, 0) is 66.5 Å². The Labute approximate surface area is 509 Å². The lowest BCUT2D eigenvalue weighted by Gasteiger charge is -2.72. The van der Waals surface area contributed by atoms with Gasteiger partial charge in [-0.25, -0.2) is 9.59 Å². The number of aldehydes is 1. The molecule has 0 aromatic carbocycles. The number of carboxylic acids is 1. The number of aliphatic hydroxyl groups is 13. The summed E-state index contributed by atoms with van der Waals surface area (Å²) in [7, 11) is 0. The van der Waals surface area contributed by atoms with Crippen LogP contribution in [0.2, 0.25) is 0 Å². The highest BCUT2D eigenvalue weighted by Crippen LogP contribution is 2.76. The third-order valence-electron chi connectivity index (χ3n) is 22.6. The van der Waals surface area contributed by atoms with Gasteiger partial charge in [0.15, 0.2) is 31.3 Å². The van der Waals surface area contributed by atoms with Crippen molar-refractivity contribution in [2.24, 2.45) is 50.2 Å². The van der Waals surface area contributed by atoms with Crippen LogP contribution in [0.25, 0.3) is 0 Å². The maximum Gasteiger partial charge on any atom is 0.335 e. The Morgan fingerprint density at radius 2 is 1.26 bits per heavy atom. The predicted octanol–water partition coefficient (Wildman–Crippen LogP) is -2.65. The zero-order valence-electron chi connectivity index (χ0n) is 51.0. The third kappa shape index (κ3) is 11.3. The Bertz CT molecular complexity index is 2600. The molecule has 0 aromatic heterocycles. The molecule has 9 rings (SSSR count). The monoisotopic (exact) mass is 1260 g/mol. The fourth-order valence-corrected chi connectivity index (χ4v) is 17.2. The number of ether oxygens (including phenoxy) is 10. The van der Waals surface area contributed by atoms with Gasteiger partial charge >= 0.3 is 17.9 Å². The van der Waals surface area contributed by atoms with Gasteiger partial charge in [-0.15, -0.1) is 0 Å². The molecule has 88 heavy (non-hydrogen) atoms. The van der Waals surface area contributed by atoms with E-state index in [1.165, 1.54) is 6.92 Å². The molecule has 5 aliphatic carbocycles. The maximum atomic E-state index is 14.2. The van der Waals surface area contributed by atoms with Crippen LogP contribution in [0.3, 0.4) is 0 Å². The van der Waals surface area contributed by atoms with Gasteiger partial charge in [-0.2, -0.15) is 0 Å². The summed E-state index contributed by atoms with van der Waals surface area (Å²) in [6.45, 7) is 13.6. The average molecular weight is 1260 g/mol. The molecule has 0 bridgehead atoms. The fraction of sp³-hybridized carbons (Fsp3) is 0.867. The number of hydrogen-bond acceptors (Lipinski definition) is 27. The predicted molar refractivity (Wildman–Crippen MR) is 295 cm³/mol. The lowest BCUT2D eigenvalue weighted by Crippen LogP contribution is -2.72. The second-order valence-corrected chi connectivity index (χ2v) is 27.8. The van der Waals surface area contributed by atoms with Gasteiger partial charge in [-0.3, -0.25) is 4.79 Å². The van der Waals surface area contributed by atoms with Gasteiger partial charge in [0.1, 0.15) is 111 Å². The summed E-state index contributed by atoms with van der Waals surface area (Å²) in [6, 6.07) is 0. The first-order chi connectivity index (χ1) is 41.2. The molecule has 0 amide bonds. The molecule has 28 nitrogen and oxygen atoms in total. The van der Waals surface area contributed by atoms with Crippen LogP contribution in [0.4, 0.5) is 0 Å². The molecule has 4 heterocycles. The first-order valence-corrected chi connectivity index (χ1v) is 30.4. The van der Waals surface area contributed by atoms with Gasteiger partial charge < -0.3 is 124 Å². The number of aliphatic hydroxyl groups excluding tert-OH is 13. The highest BCUT2D eigenvalue weighted by Gasteiger charge is 2.74. The number of hydrogen-bond donors (Lipinski definition) is 14. The van der Waals surface area contributed by atoms with E-state index in [-0.39, 0.29) is 25.4 Å². The molecule has 0 radical (unpaired) electrons. The maximum absolute atomic E-state index is 14.2. The molecule has 0 spiro atoms. The molecule has 4 aliphatic heterocycles. The molecule has 4 saturated carbocycles. The van der Waals surface area contributed by atoms with Crippen molar-refractivity contribution in [2.75, 3.05) is 26.4 Å². The Balaban J connectivity index is 1.05. The normalized spacial score (nSPS) is 51.1. The smallest absolute Gasteiger partial charge is 0.335 e. The minimum absolute atomic E-state index is 0.0926. The van der Waals surface area contributed by atoms with Crippen LogP contribution < -0.4 is 0 Å². The van der Waals surface area contributed by atoms with E-state index in [1.807, 2.05) is 13.8 Å². The van der Waals surface area contributed by atoms with E-state index < -0.39 is 223 Å². The number of carbonyl (C=O) groups is 4. The Morgan fingerprint density at radius 3 is 1.82 bits per heavy atom. The quantitative estimate of drug-likeness (QED) is 0.0247. The summed E-state index contributed by atoms with van der Waals surface area (Å²) in [5, 5.41) is 155. The zero-order valence-corrected chi connectivity index (χ0v) is 51.0. The standard InChI is InChI=1S/C60H92O28/c1-10-24(2)50(78)88-48-47(75)60(23-80-25(3)64)27(17-55(48,4)5)26-11-12-32-56(6)15-14-34(57(7,22-63)31(56)13-16-58(32,8)59(26,9)18-33(60)66)83-54-46(87-52-41(73)39(71)37(69)30(20-62)82-52)43(42(74)44(85-54)49(76)77)84-53-45(35(67)28(65)21-79-53)86-51-40(72)38(70)36(68)29(19-61)81-51/h10-11,22,27-48,51-54,61-62,65-75H,12-21,23H2,1-9H3,(H,76,77)/b24-10-/t27-,28-,29+,30+,31+,32+,33+,34-,35-,36+,37-,38-,39-,40+,41+,42-,43-,44-,45+,46+,47-,48-,51-,52-,53-,54+,56-,57-,58+,59+,60-/m0/s1. The largest absolute Gasteiger partial charge is 0.479 e. The van der Waals surface area contributed by atoms with Gasteiger partial charge in [0.25, 0.3) is 0 Å². The first-order valence-electron chi connectivity index (χ1n) is 30.4. The van der Waals surface area contributed by atoms with E-state index in [2.05, 4.69) is 26.8 Å². The van der Waals surface area contributed by atoms with Gasteiger partial charge in [0, 0.05) is 17.9 Å². The summed E-state index contributed by atoms with van der Waals surface area (Å²) in [5.74, 6) is -4.25. The van der Waals surface area contributed by atoms with Gasteiger partial charge in [0.2, 0.25) is 0 Å². The minimum Gasteiger partial charge on any atom is -0.479 e. The molecule has 14 N–H and O–H groups in total. The Kier molecular flexibility index (Phi) is 20.1. The SMILES string of the molecule is C/C=C(/C)C(=O)O[C@H]1[C@H](O)[C@]2(COC(C)=O)[C@H](O)C[C@]3(C)C(=CC[C@@H]4[C@@]5(C)CC[C@H](O[C@@H]6O[C@H](C(=O)O)[C@@H](O)[C@H](O[C@@H]7OC[C@H](O)[C@H](O)[C@H]7O[C@@H]7O[C@H](CO)[C@@H](O)[C@H](O)[C@H]7O)[C@H]6O[C@@H]6O[C@H](CO)[C@H](O)[C@H](O)[C@H]6O)[C@@](C)(C=O)[C@@H]5CC[C@]43C)[C@@H]2CC1(C)C. The number of esters is 2. The topological polar surface area (TPSA) is 444 Å². The van der Waals surface area contributed by atoms with Crippen LogP contribution >= 0.6 is 0 Å². The molecule has 8 fully saturated rings. The van der Waals surface area contributed by atoms with Crippen LogP contribution in [0.1, 0.15) is 107 Å². The average Bonchev–Trinajstić information content (AvgIpc) is 0.673. The summed E-state index contributed by atoms with van der Waals surface area (Å²) in [4.78, 5) is 53.4. The number of allylic oxidation sites excluding steroid dienone is 3. The van der Waals surface area contributed by atoms with E-state index in [1.54, 1.807) is 26.8 Å². The fourth-order valence-electron chi connectivity index (χ4n) is 17.2. The van der Waals surface area contributed by atoms with Crippen molar-refractivity contribution in [3.8, 4) is 0 Å². The molecule has 31 atom stereocenters.